The highest BCUT2D eigenvalue weighted by Gasteiger charge is 2.14. The maximum absolute atomic E-state index is 12.3. The van der Waals surface area contributed by atoms with E-state index in [0.29, 0.717) is 12.1 Å². The minimum Gasteiger partial charge on any atom is -0.361 e. The van der Waals surface area contributed by atoms with E-state index in [1.54, 1.807) is 0 Å². The monoisotopic (exact) mass is 371 g/mol. The normalized spacial score (nSPS) is 12.8. The van der Waals surface area contributed by atoms with Crippen molar-refractivity contribution in [3.8, 4) is 0 Å². The quantitative estimate of drug-likeness (QED) is 0.620. The highest BCUT2D eigenvalue weighted by atomic mass is 32.2. The first-order valence-electron chi connectivity index (χ1n) is 8.36. The summed E-state index contributed by atoms with van der Waals surface area (Å²) >= 11 is 0. The second-order valence-corrected chi connectivity index (χ2v) is 7.77. The van der Waals surface area contributed by atoms with Gasteiger partial charge in [-0.1, -0.05) is 13.0 Å². The number of aromatic amines is 1. The first kappa shape index (κ1) is 18.2. The van der Waals surface area contributed by atoms with Crippen molar-refractivity contribution in [3.63, 3.8) is 0 Å². The van der Waals surface area contributed by atoms with Gasteiger partial charge >= 0.3 is 0 Å². The number of nitrogens with one attached hydrogen (secondary N) is 2. The van der Waals surface area contributed by atoms with Crippen LogP contribution in [0.4, 0.5) is 0 Å². The third-order valence-corrected chi connectivity index (χ3v) is 5.42. The third-order valence-electron chi connectivity index (χ3n) is 4.50. The van der Waals surface area contributed by atoms with Gasteiger partial charge in [-0.15, -0.1) is 0 Å². The van der Waals surface area contributed by atoms with E-state index in [0.717, 1.165) is 17.3 Å². The van der Waals surface area contributed by atoms with Gasteiger partial charge < -0.3 is 10.3 Å². The molecule has 3 aromatic rings. The topological polar surface area (TPSA) is 105 Å². The van der Waals surface area contributed by atoms with Crippen LogP contribution in [0.3, 0.4) is 0 Å². The molecule has 26 heavy (non-hydrogen) atoms. The van der Waals surface area contributed by atoms with Gasteiger partial charge in [-0.05, 0) is 59.8 Å². The van der Waals surface area contributed by atoms with E-state index in [1.807, 2.05) is 18.3 Å². The van der Waals surface area contributed by atoms with Crippen LogP contribution in [0, 0.1) is 0 Å². The molecule has 1 aromatic heterocycles. The van der Waals surface area contributed by atoms with Crippen molar-refractivity contribution in [1.82, 2.24) is 10.3 Å². The van der Waals surface area contributed by atoms with E-state index in [4.69, 9.17) is 5.14 Å². The molecular formula is C19H21N3O3S. The SMILES string of the molecule is CCC(CNC(=O)c1ccc(S(N)(=O)=O)cc1)c1ccc2[nH]ccc2c1. The summed E-state index contributed by atoms with van der Waals surface area (Å²) in [5.74, 6) is -0.0471. The maximum atomic E-state index is 12.3. The third kappa shape index (κ3) is 3.95. The summed E-state index contributed by atoms with van der Waals surface area (Å²) in [6, 6.07) is 13.9. The van der Waals surface area contributed by atoms with Crippen molar-refractivity contribution in [2.45, 2.75) is 24.2 Å². The van der Waals surface area contributed by atoms with Crippen LogP contribution in [0.5, 0.6) is 0 Å². The minimum atomic E-state index is -3.76. The molecule has 6 nitrogen and oxygen atoms in total. The lowest BCUT2D eigenvalue weighted by Gasteiger charge is -2.16. The fraction of sp³-hybridized carbons (Fsp3) is 0.211. The second kappa shape index (κ2) is 7.31. The average Bonchev–Trinajstić information content (AvgIpc) is 3.09. The highest BCUT2D eigenvalue weighted by molar-refractivity contribution is 7.89. The lowest BCUT2D eigenvalue weighted by Crippen LogP contribution is -2.28. The predicted molar refractivity (Wildman–Crippen MR) is 101 cm³/mol. The summed E-state index contributed by atoms with van der Waals surface area (Å²) in [7, 11) is -3.76. The molecule has 0 radical (unpaired) electrons. The molecule has 1 heterocycles. The fourth-order valence-corrected chi connectivity index (χ4v) is 3.45. The van der Waals surface area contributed by atoms with Gasteiger partial charge in [0, 0.05) is 29.7 Å². The molecule has 136 valence electrons. The number of primary sulfonamides is 1. The summed E-state index contributed by atoms with van der Waals surface area (Å²) in [6.45, 7) is 2.58. The van der Waals surface area contributed by atoms with E-state index in [1.165, 1.54) is 29.8 Å². The number of nitrogens with two attached hydrogens (primary N) is 1. The van der Waals surface area contributed by atoms with Crippen LogP contribution in [0.1, 0.15) is 35.2 Å². The minimum absolute atomic E-state index is 0.0136. The van der Waals surface area contributed by atoms with Crippen molar-refractivity contribution in [2.24, 2.45) is 5.14 Å². The van der Waals surface area contributed by atoms with Crippen LogP contribution in [-0.4, -0.2) is 25.9 Å². The molecule has 3 rings (SSSR count). The number of sulfonamides is 1. The standard InChI is InChI=1S/C19H21N3O3S/c1-2-13(15-5-8-18-16(11-15)9-10-21-18)12-22-19(23)14-3-6-17(7-4-14)26(20,24)25/h3-11,13,21H,2,12H2,1H3,(H,22,23)(H2,20,24,25). The molecule has 1 unspecified atom stereocenters. The highest BCUT2D eigenvalue weighted by Crippen LogP contribution is 2.23. The largest absolute Gasteiger partial charge is 0.361 e. The lowest BCUT2D eigenvalue weighted by atomic mass is 9.95. The van der Waals surface area contributed by atoms with Crippen molar-refractivity contribution >= 4 is 26.8 Å². The van der Waals surface area contributed by atoms with Gasteiger partial charge in [-0.25, -0.2) is 13.6 Å². The number of hydrogen-bond donors (Lipinski definition) is 3. The van der Waals surface area contributed by atoms with Crippen LogP contribution in [0.25, 0.3) is 10.9 Å². The number of rotatable bonds is 6. The average molecular weight is 371 g/mol. The van der Waals surface area contributed by atoms with Crippen molar-refractivity contribution in [3.05, 3.63) is 65.9 Å². The van der Waals surface area contributed by atoms with Gasteiger partial charge in [-0.3, -0.25) is 4.79 Å². The first-order chi connectivity index (χ1) is 12.4. The Hall–Kier alpha value is -2.64. The van der Waals surface area contributed by atoms with Crippen molar-refractivity contribution in [2.75, 3.05) is 6.54 Å². The second-order valence-electron chi connectivity index (χ2n) is 6.21. The van der Waals surface area contributed by atoms with Crippen molar-refractivity contribution < 1.29 is 13.2 Å². The first-order valence-corrected chi connectivity index (χ1v) is 9.91. The summed E-state index contributed by atoms with van der Waals surface area (Å²) in [5, 5.41) is 9.13. The molecule has 1 atom stereocenters. The number of carbonyl (C=O) groups is 1. The zero-order chi connectivity index (χ0) is 18.7. The Kier molecular flexibility index (Phi) is 5.11. The number of hydrogen-bond acceptors (Lipinski definition) is 3. The van der Waals surface area contributed by atoms with E-state index < -0.39 is 10.0 Å². The maximum Gasteiger partial charge on any atom is 0.251 e. The Morgan fingerprint density at radius 2 is 1.88 bits per heavy atom. The lowest BCUT2D eigenvalue weighted by molar-refractivity contribution is 0.0951. The molecule has 0 spiro atoms. The number of aromatic nitrogens is 1. The zero-order valence-corrected chi connectivity index (χ0v) is 15.2. The predicted octanol–water partition coefficient (Wildman–Crippen LogP) is 2.74. The van der Waals surface area contributed by atoms with Gasteiger partial charge in [0.05, 0.1) is 4.90 Å². The Morgan fingerprint density at radius 3 is 2.54 bits per heavy atom. The van der Waals surface area contributed by atoms with E-state index >= 15 is 0 Å². The molecule has 0 saturated carbocycles. The summed E-state index contributed by atoms with van der Waals surface area (Å²) in [4.78, 5) is 15.5. The zero-order valence-electron chi connectivity index (χ0n) is 14.4. The summed E-state index contributed by atoms with van der Waals surface area (Å²) in [5.41, 5.74) is 2.65. The van der Waals surface area contributed by atoms with E-state index in [9.17, 15) is 13.2 Å². The molecule has 0 bridgehead atoms. The molecule has 4 N–H and O–H groups in total. The smallest absolute Gasteiger partial charge is 0.251 e. The number of H-pyrrole nitrogens is 1. The van der Waals surface area contributed by atoms with Gasteiger partial charge in [0.2, 0.25) is 10.0 Å². The summed E-state index contributed by atoms with van der Waals surface area (Å²) in [6.07, 6.45) is 2.79. The van der Waals surface area contributed by atoms with Gasteiger partial charge in [0.25, 0.3) is 5.91 Å². The van der Waals surface area contributed by atoms with Crippen LogP contribution in [0.2, 0.25) is 0 Å². The molecular weight excluding hydrogens is 350 g/mol. The molecule has 2 aromatic carbocycles. The summed E-state index contributed by atoms with van der Waals surface area (Å²) < 4.78 is 22.5. The molecule has 7 heteroatoms. The number of fused-ring (bicyclic) bond motifs is 1. The Bertz CT molecular complexity index is 1020. The molecule has 0 fully saturated rings. The molecule has 0 aliphatic heterocycles. The van der Waals surface area contributed by atoms with Crippen LogP contribution < -0.4 is 10.5 Å². The van der Waals surface area contributed by atoms with Crippen LogP contribution in [-0.2, 0) is 10.0 Å². The molecule has 0 aliphatic rings. The van der Waals surface area contributed by atoms with E-state index in [-0.39, 0.29) is 16.7 Å². The Labute approximate surface area is 152 Å². The molecule has 0 saturated heterocycles. The van der Waals surface area contributed by atoms with Crippen molar-refractivity contribution in [1.29, 1.82) is 0 Å². The number of benzene rings is 2. The van der Waals surface area contributed by atoms with Crippen LogP contribution >= 0.6 is 0 Å². The van der Waals surface area contributed by atoms with Gasteiger partial charge in [0.1, 0.15) is 0 Å². The van der Waals surface area contributed by atoms with E-state index in [2.05, 4.69) is 29.4 Å². The Balaban J connectivity index is 1.68. The van der Waals surface area contributed by atoms with Crippen LogP contribution in [0.15, 0.2) is 59.6 Å². The molecule has 1 amide bonds. The number of amides is 1. The number of carbonyl (C=O) groups excluding carboxylic acids is 1. The fourth-order valence-electron chi connectivity index (χ4n) is 2.94. The van der Waals surface area contributed by atoms with Gasteiger partial charge in [-0.2, -0.15) is 0 Å². The molecule has 0 aliphatic carbocycles. The Morgan fingerprint density at radius 1 is 1.15 bits per heavy atom. The van der Waals surface area contributed by atoms with Gasteiger partial charge in [0.15, 0.2) is 0 Å².